The molecule has 0 saturated heterocycles. The highest BCUT2D eigenvalue weighted by molar-refractivity contribution is 5.24. The van der Waals surface area contributed by atoms with Gasteiger partial charge in [0.25, 0.3) is 0 Å². The van der Waals surface area contributed by atoms with Crippen LogP contribution in [0.5, 0.6) is 0 Å². The second kappa shape index (κ2) is 7.66. The summed E-state index contributed by atoms with van der Waals surface area (Å²) in [5, 5.41) is 12.6. The smallest absolute Gasteiger partial charge is 0.0431 e. The van der Waals surface area contributed by atoms with Crippen LogP contribution in [0.4, 0.5) is 0 Å². The number of aliphatic hydroxyl groups excluding tert-OH is 1. The first-order valence-corrected chi connectivity index (χ1v) is 7.39. The zero-order chi connectivity index (χ0) is 14.3. The minimum Gasteiger partial charge on any atom is -0.396 e. The molecule has 0 saturated carbocycles. The van der Waals surface area contributed by atoms with Gasteiger partial charge in [-0.3, -0.25) is 0 Å². The van der Waals surface area contributed by atoms with Gasteiger partial charge in [-0.05, 0) is 37.2 Å². The van der Waals surface area contributed by atoms with Crippen molar-refractivity contribution in [2.45, 2.75) is 53.0 Å². The van der Waals surface area contributed by atoms with Gasteiger partial charge in [0.2, 0.25) is 0 Å². The van der Waals surface area contributed by atoms with Gasteiger partial charge in [-0.15, -0.1) is 0 Å². The van der Waals surface area contributed by atoms with E-state index in [0.29, 0.717) is 12.6 Å². The molecule has 19 heavy (non-hydrogen) atoms. The van der Waals surface area contributed by atoms with E-state index in [1.807, 2.05) is 0 Å². The van der Waals surface area contributed by atoms with Crippen LogP contribution in [0.3, 0.4) is 0 Å². The summed E-state index contributed by atoms with van der Waals surface area (Å²) >= 11 is 0. The van der Waals surface area contributed by atoms with Crippen molar-refractivity contribution in [2.75, 3.05) is 13.2 Å². The summed E-state index contributed by atoms with van der Waals surface area (Å²) in [4.78, 5) is 0. The summed E-state index contributed by atoms with van der Waals surface area (Å²) in [5.41, 5.74) is 2.91. The lowest BCUT2D eigenvalue weighted by Gasteiger charge is -2.28. The molecule has 0 bridgehead atoms. The Morgan fingerprint density at radius 3 is 2.37 bits per heavy atom. The van der Waals surface area contributed by atoms with Gasteiger partial charge < -0.3 is 10.4 Å². The second-order valence-electron chi connectivity index (χ2n) is 6.24. The zero-order valence-electron chi connectivity index (χ0n) is 12.9. The van der Waals surface area contributed by atoms with Crippen LogP contribution in [-0.2, 0) is 0 Å². The highest BCUT2D eigenvalue weighted by atomic mass is 16.2. The van der Waals surface area contributed by atoms with Gasteiger partial charge >= 0.3 is 0 Å². The standard InChI is InChI=1S/C17H29NO/c1-5-16(15-9-7-14(2)8-10-15)18-13-17(3,4)11-6-12-19/h7-10,16,18-19H,5-6,11-13H2,1-4H3. The minimum atomic E-state index is 0.237. The summed E-state index contributed by atoms with van der Waals surface area (Å²) in [5.74, 6) is 0. The molecule has 1 aromatic carbocycles. The van der Waals surface area contributed by atoms with Crippen LogP contribution in [0.1, 0.15) is 57.2 Å². The molecule has 0 amide bonds. The van der Waals surface area contributed by atoms with Gasteiger partial charge in [0.05, 0.1) is 0 Å². The number of nitrogens with one attached hydrogen (secondary N) is 1. The van der Waals surface area contributed by atoms with Gasteiger partial charge in [0.15, 0.2) is 0 Å². The molecule has 0 aliphatic carbocycles. The molecule has 2 nitrogen and oxygen atoms in total. The fourth-order valence-corrected chi connectivity index (χ4v) is 2.34. The molecule has 0 heterocycles. The maximum absolute atomic E-state index is 8.94. The fourth-order valence-electron chi connectivity index (χ4n) is 2.34. The molecule has 0 spiro atoms. The lowest BCUT2D eigenvalue weighted by atomic mass is 9.87. The Labute approximate surface area is 118 Å². The lowest BCUT2D eigenvalue weighted by Crippen LogP contribution is -2.32. The fraction of sp³-hybridized carbons (Fsp3) is 0.647. The van der Waals surface area contributed by atoms with Crippen molar-refractivity contribution >= 4 is 0 Å². The first-order valence-electron chi connectivity index (χ1n) is 7.39. The van der Waals surface area contributed by atoms with E-state index in [2.05, 4.69) is 57.3 Å². The highest BCUT2D eigenvalue weighted by Gasteiger charge is 2.19. The van der Waals surface area contributed by atoms with E-state index in [1.54, 1.807) is 0 Å². The highest BCUT2D eigenvalue weighted by Crippen LogP contribution is 2.24. The van der Waals surface area contributed by atoms with Crippen molar-refractivity contribution in [3.63, 3.8) is 0 Å². The van der Waals surface area contributed by atoms with E-state index in [1.165, 1.54) is 11.1 Å². The Balaban J connectivity index is 2.55. The van der Waals surface area contributed by atoms with Crippen molar-refractivity contribution < 1.29 is 5.11 Å². The number of aryl methyl sites for hydroxylation is 1. The maximum atomic E-state index is 8.94. The molecule has 108 valence electrons. The minimum absolute atomic E-state index is 0.237. The maximum Gasteiger partial charge on any atom is 0.0431 e. The first-order chi connectivity index (χ1) is 8.98. The van der Waals surface area contributed by atoms with Gasteiger partial charge in [0.1, 0.15) is 0 Å². The van der Waals surface area contributed by atoms with Crippen molar-refractivity contribution in [1.82, 2.24) is 5.32 Å². The van der Waals surface area contributed by atoms with Crippen LogP contribution >= 0.6 is 0 Å². The summed E-state index contributed by atoms with van der Waals surface area (Å²) in [6, 6.07) is 9.22. The monoisotopic (exact) mass is 263 g/mol. The molecule has 2 N–H and O–H groups in total. The average molecular weight is 263 g/mol. The van der Waals surface area contributed by atoms with Crippen LogP contribution in [-0.4, -0.2) is 18.3 Å². The number of aliphatic hydroxyl groups is 1. The van der Waals surface area contributed by atoms with Gasteiger partial charge in [-0.25, -0.2) is 0 Å². The summed E-state index contributed by atoms with van der Waals surface area (Å²) in [6.45, 7) is 10.1. The van der Waals surface area contributed by atoms with E-state index < -0.39 is 0 Å². The summed E-state index contributed by atoms with van der Waals surface area (Å²) in [7, 11) is 0. The Bertz CT molecular complexity index is 356. The number of hydrogen-bond acceptors (Lipinski definition) is 2. The lowest BCUT2D eigenvalue weighted by molar-refractivity contribution is 0.231. The van der Waals surface area contributed by atoms with Crippen LogP contribution in [0.2, 0.25) is 0 Å². The van der Waals surface area contributed by atoms with Crippen molar-refractivity contribution in [1.29, 1.82) is 0 Å². The molecule has 0 fully saturated rings. The normalized spacial score (nSPS) is 13.5. The quantitative estimate of drug-likeness (QED) is 0.747. The third kappa shape index (κ3) is 5.75. The zero-order valence-corrected chi connectivity index (χ0v) is 12.9. The molecule has 0 aliphatic rings. The topological polar surface area (TPSA) is 32.3 Å². The van der Waals surface area contributed by atoms with Crippen LogP contribution in [0.25, 0.3) is 0 Å². The van der Waals surface area contributed by atoms with E-state index >= 15 is 0 Å². The molecule has 2 heteroatoms. The van der Waals surface area contributed by atoms with Crippen LogP contribution in [0.15, 0.2) is 24.3 Å². The van der Waals surface area contributed by atoms with Gasteiger partial charge in [-0.1, -0.05) is 50.6 Å². The largest absolute Gasteiger partial charge is 0.396 e. The molecule has 0 radical (unpaired) electrons. The third-order valence-corrected chi connectivity index (χ3v) is 3.73. The van der Waals surface area contributed by atoms with Crippen LogP contribution in [0, 0.1) is 12.3 Å². The van der Waals surface area contributed by atoms with Gasteiger partial charge in [-0.2, -0.15) is 0 Å². The second-order valence-corrected chi connectivity index (χ2v) is 6.24. The number of hydrogen-bond donors (Lipinski definition) is 2. The molecule has 0 aromatic heterocycles. The molecule has 1 atom stereocenters. The van der Waals surface area contributed by atoms with E-state index in [-0.39, 0.29) is 5.41 Å². The first kappa shape index (κ1) is 16.2. The van der Waals surface area contributed by atoms with E-state index in [9.17, 15) is 0 Å². The molecule has 1 aromatic rings. The molecule has 1 unspecified atom stereocenters. The number of benzene rings is 1. The van der Waals surface area contributed by atoms with Gasteiger partial charge in [0, 0.05) is 19.2 Å². The molecular formula is C17H29NO. The van der Waals surface area contributed by atoms with E-state index in [4.69, 9.17) is 5.11 Å². The summed E-state index contributed by atoms with van der Waals surface area (Å²) in [6.07, 6.45) is 3.04. The third-order valence-electron chi connectivity index (χ3n) is 3.73. The average Bonchev–Trinajstić information content (AvgIpc) is 2.39. The molecular weight excluding hydrogens is 234 g/mol. The predicted octanol–water partition coefficient (Wildman–Crippen LogP) is 3.83. The Hall–Kier alpha value is -0.860. The Kier molecular flexibility index (Phi) is 6.53. The Morgan fingerprint density at radius 1 is 1.21 bits per heavy atom. The predicted molar refractivity (Wildman–Crippen MR) is 82.3 cm³/mol. The molecule has 0 aliphatic heterocycles. The number of rotatable bonds is 8. The van der Waals surface area contributed by atoms with Crippen molar-refractivity contribution in [2.24, 2.45) is 5.41 Å². The van der Waals surface area contributed by atoms with Crippen LogP contribution < -0.4 is 5.32 Å². The molecule has 1 rings (SSSR count). The summed E-state index contributed by atoms with van der Waals surface area (Å²) < 4.78 is 0. The SMILES string of the molecule is CCC(NCC(C)(C)CCCO)c1ccc(C)cc1. The van der Waals surface area contributed by atoms with Crippen molar-refractivity contribution in [3.8, 4) is 0 Å². The Morgan fingerprint density at radius 2 is 1.84 bits per heavy atom. The van der Waals surface area contributed by atoms with Crippen molar-refractivity contribution in [3.05, 3.63) is 35.4 Å². The van der Waals surface area contributed by atoms with E-state index in [0.717, 1.165) is 25.8 Å².